The molecule has 4 nitrogen and oxygen atoms in total. The van der Waals surface area contributed by atoms with Crippen molar-refractivity contribution < 1.29 is 20.1 Å². The first kappa shape index (κ1) is 23.7. The molecule has 4 rings (SSSR count). The number of fused-ring (bicyclic) bond motifs is 5. The van der Waals surface area contributed by atoms with E-state index < -0.39 is 11.9 Å². The largest absolute Gasteiger partial charge is 0.343 e. The maximum atomic E-state index is 12.3. The van der Waals surface area contributed by atoms with Gasteiger partial charge in [-0.1, -0.05) is 33.6 Å². The van der Waals surface area contributed by atoms with Crippen LogP contribution in [0.25, 0.3) is 0 Å². The molecule has 0 bridgehead atoms. The summed E-state index contributed by atoms with van der Waals surface area (Å²) in [6, 6.07) is 0. The van der Waals surface area contributed by atoms with Gasteiger partial charge in [-0.25, -0.2) is 0 Å². The molecule has 178 valence electrons. The molecular weight excluding hydrogens is 388 g/mol. The van der Waals surface area contributed by atoms with Crippen LogP contribution in [0.2, 0.25) is 0 Å². The van der Waals surface area contributed by atoms with Crippen LogP contribution in [0.3, 0.4) is 0 Å². The maximum Gasteiger partial charge on any atom is 0.285 e. The van der Waals surface area contributed by atoms with Gasteiger partial charge in [-0.15, -0.1) is 0 Å². The van der Waals surface area contributed by atoms with Gasteiger partial charge in [0.15, 0.2) is 0 Å². The molecule has 0 heterocycles. The average Bonchev–Trinajstić information content (AvgIpc) is 3.07. The van der Waals surface area contributed by atoms with Crippen molar-refractivity contribution in [1.82, 2.24) is 0 Å². The van der Waals surface area contributed by atoms with Gasteiger partial charge in [-0.05, 0) is 111 Å². The summed E-state index contributed by atoms with van der Waals surface area (Å²) in [6.45, 7) is 8.89. The Kier molecular flexibility index (Phi) is 6.42. The molecule has 9 atom stereocenters. The van der Waals surface area contributed by atoms with Crippen LogP contribution in [-0.4, -0.2) is 27.1 Å². The van der Waals surface area contributed by atoms with Crippen molar-refractivity contribution in [3.63, 3.8) is 0 Å². The van der Waals surface area contributed by atoms with E-state index in [1.54, 1.807) is 0 Å². The van der Waals surface area contributed by atoms with Crippen molar-refractivity contribution in [3.05, 3.63) is 0 Å². The highest BCUT2D eigenvalue weighted by atomic mass is 16.7. The molecule has 31 heavy (non-hydrogen) atoms. The van der Waals surface area contributed by atoms with Crippen LogP contribution >= 0.6 is 0 Å². The van der Waals surface area contributed by atoms with E-state index in [0.717, 1.165) is 30.1 Å². The molecule has 0 amide bonds. The molecule has 2 unspecified atom stereocenters. The first-order valence-electron chi connectivity index (χ1n) is 13.2. The Hall–Kier alpha value is -0.450. The van der Waals surface area contributed by atoms with E-state index in [2.05, 4.69) is 20.8 Å². The third-order valence-corrected chi connectivity index (χ3v) is 11.3. The number of ketones is 1. The fourth-order valence-electron chi connectivity index (χ4n) is 9.27. The van der Waals surface area contributed by atoms with Crippen LogP contribution in [0.4, 0.5) is 0 Å². The average molecular weight is 435 g/mol. The van der Waals surface area contributed by atoms with E-state index in [1.165, 1.54) is 71.1 Å². The Morgan fingerprint density at radius 1 is 0.903 bits per heavy atom. The fraction of sp³-hybridized carbons (Fsp3) is 0.963. The van der Waals surface area contributed by atoms with Gasteiger partial charge in [-0.2, -0.15) is 0 Å². The Morgan fingerprint density at radius 3 is 2.32 bits per heavy atom. The Morgan fingerprint density at radius 2 is 1.61 bits per heavy atom. The predicted molar refractivity (Wildman–Crippen MR) is 122 cm³/mol. The number of aliphatic hydroxyl groups is 3. The van der Waals surface area contributed by atoms with Crippen LogP contribution in [0, 0.1) is 52.3 Å². The molecule has 4 heteroatoms. The van der Waals surface area contributed by atoms with Crippen molar-refractivity contribution in [2.24, 2.45) is 52.3 Å². The van der Waals surface area contributed by atoms with Gasteiger partial charge in [-0.3, -0.25) is 4.79 Å². The zero-order chi connectivity index (χ0) is 22.6. The summed E-state index contributed by atoms with van der Waals surface area (Å²) >= 11 is 0. The zero-order valence-electron chi connectivity index (χ0n) is 20.3. The first-order chi connectivity index (χ1) is 14.5. The molecule has 4 aliphatic carbocycles. The second kappa shape index (κ2) is 8.40. The summed E-state index contributed by atoms with van der Waals surface area (Å²) in [5.41, 5.74) is 0.974. The standard InChI is InChI=1S/C27H46O4/c1-17(8-13-24(28)18(2)27(29,30)31)21-11-12-22-20-10-9-19-7-5-6-15-25(19,3)23(20)14-16-26(21,22)4/h17-23,29-31H,5-16H2,1-4H3/t17-,18?,19?,20+,21-,22+,23+,25+,26-/m1/s1. The van der Waals surface area contributed by atoms with Crippen LogP contribution in [-0.2, 0) is 4.79 Å². The van der Waals surface area contributed by atoms with Gasteiger partial charge in [0.2, 0.25) is 0 Å². The molecule has 4 saturated carbocycles. The summed E-state index contributed by atoms with van der Waals surface area (Å²) in [6.07, 6.45) is 15.1. The van der Waals surface area contributed by atoms with Gasteiger partial charge in [0, 0.05) is 6.42 Å². The van der Waals surface area contributed by atoms with Gasteiger partial charge in [0.05, 0.1) is 5.92 Å². The number of carbonyl (C=O) groups is 1. The molecule has 3 N–H and O–H groups in total. The Labute approximate surface area is 189 Å². The lowest BCUT2D eigenvalue weighted by Crippen LogP contribution is -2.53. The van der Waals surface area contributed by atoms with E-state index in [4.69, 9.17) is 0 Å². The third-order valence-electron chi connectivity index (χ3n) is 11.3. The third kappa shape index (κ3) is 4.04. The normalized spacial score (nSPS) is 44.7. The maximum absolute atomic E-state index is 12.3. The summed E-state index contributed by atoms with van der Waals surface area (Å²) in [4.78, 5) is 12.3. The second-order valence-electron chi connectivity index (χ2n) is 12.5. The lowest BCUT2D eigenvalue weighted by molar-refractivity contribution is -0.331. The monoisotopic (exact) mass is 434 g/mol. The van der Waals surface area contributed by atoms with Crippen molar-refractivity contribution in [1.29, 1.82) is 0 Å². The highest BCUT2D eigenvalue weighted by Gasteiger charge is 2.60. The number of carbonyl (C=O) groups excluding carboxylic acids is 1. The Bertz CT molecular complexity index is 669. The molecule has 0 aromatic heterocycles. The second-order valence-corrected chi connectivity index (χ2v) is 12.5. The summed E-state index contributed by atoms with van der Waals surface area (Å²) in [7, 11) is 0. The molecule has 0 aromatic rings. The predicted octanol–water partition coefficient (Wildman–Crippen LogP) is 5.29. The van der Waals surface area contributed by atoms with Gasteiger partial charge < -0.3 is 15.3 Å². The molecule has 0 spiro atoms. The van der Waals surface area contributed by atoms with Crippen molar-refractivity contribution in [2.75, 3.05) is 0 Å². The summed E-state index contributed by atoms with van der Waals surface area (Å²) in [5, 5.41) is 28.0. The number of Topliss-reactive ketones (excluding diaryl/α,β-unsaturated/α-hetero) is 1. The molecular formula is C27H46O4. The topological polar surface area (TPSA) is 77.8 Å². The van der Waals surface area contributed by atoms with Crippen molar-refractivity contribution in [2.45, 2.75) is 111 Å². The molecule has 0 aromatic carbocycles. The van der Waals surface area contributed by atoms with Crippen LogP contribution in [0.1, 0.15) is 105 Å². The minimum Gasteiger partial charge on any atom is -0.343 e. The minimum absolute atomic E-state index is 0.258. The smallest absolute Gasteiger partial charge is 0.285 e. The lowest BCUT2D eigenvalue weighted by atomic mass is 9.44. The van der Waals surface area contributed by atoms with E-state index in [1.807, 2.05) is 0 Å². The minimum atomic E-state index is -2.91. The summed E-state index contributed by atoms with van der Waals surface area (Å²) in [5.74, 6) is 0.413. The Balaban J connectivity index is 1.42. The van der Waals surface area contributed by atoms with Crippen molar-refractivity contribution in [3.8, 4) is 0 Å². The van der Waals surface area contributed by atoms with E-state index in [0.29, 0.717) is 29.1 Å². The van der Waals surface area contributed by atoms with E-state index in [-0.39, 0.29) is 5.78 Å². The number of hydrogen-bond donors (Lipinski definition) is 3. The quantitative estimate of drug-likeness (QED) is 0.497. The first-order valence-corrected chi connectivity index (χ1v) is 13.2. The van der Waals surface area contributed by atoms with Gasteiger partial charge in [0.25, 0.3) is 5.97 Å². The molecule has 0 aliphatic heterocycles. The molecule has 0 radical (unpaired) electrons. The zero-order valence-corrected chi connectivity index (χ0v) is 20.3. The number of hydrogen-bond acceptors (Lipinski definition) is 4. The molecule has 4 aliphatic rings. The SMILES string of the molecule is CC(C(=O)CC[C@@H](C)[C@H]1CC[C@H]2[C@@H]3CCC4CCCC[C@]4(C)[C@H]3CC[C@]12C)C(O)(O)O. The van der Waals surface area contributed by atoms with E-state index >= 15 is 0 Å². The van der Waals surface area contributed by atoms with Gasteiger partial charge in [0.1, 0.15) is 5.78 Å². The number of rotatable bonds is 6. The van der Waals surface area contributed by atoms with Gasteiger partial charge >= 0.3 is 0 Å². The van der Waals surface area contributed by atoms with Crippen molar-refractivity contribution >= 4 is 5.78 Å². The molecule has 4 fully saturated rings. The van der Waals surface area contributed by atoms with Crippen LogP contribution in [0.15, 0.2) is 0 Å². The fourth-order valence-corrected chi connectivity index (χ4v) is 9.27. The van der Waals surface area contributed by atoms with Crippen LogP contribution in [0.5, 0.6) is 0 Å². The van der Waals surface area contributed by atoms with E-state index in [9.17, 15) is 20.1 Å². The lowest BCUT2D eigenvalue weighted by Gasteiger charge is -2.61. The highest BCUT2D eigenvalue weighted by molar-refractivity contribution is 5.81. The summed E-state index contributed by atoms with van der Waals surface area (Å²) < 4.78 is 0. The molecule has 0 saturated heterocycles. The highest BCUT2D eigenvalue weighted by Crippen LogP contribution is 2.68. The van der Waals surface area contributed by atoms with Crippen LogP contribution < -0.4 is 0 Å².